The number of aliphatic hydroxyl groups excluding tert-OH is 2. The lowest BCUT2D eigenvalue weighted by atomic mass is 10.4. The molecule has 0 aromatic carbocycles. The maximum Gasteiger partial charge on any atom is 0.130 e. The molecular formula is C6H13NO2. The summed E-state index contributed by atoms with van der Waals surface area (Å²) in [5.41, 5.74) is 0. The second-order valence-corrected chi connectivity index (χ2v) is 2.41. The van der Waals surface area contributed by atoms with Gasteiger partial charge in [0, 0.05) is 13.1 Å². The highest BCUT2D eigenvalue weighted by Gasteiger charge is 2.17. The van der Waals surface area contributed by atoms with Crippen LogP contribution in [0.4, 0.5) is 0 Å². The van der Waals surface area contributed by atoms with E-state index >= 15 is 0 Å². The van der Waals surface area contributed by atoms with E-state index in [9.17, 15) is 0 Å². The molecule has 1 heterocycles. The lowest BCUT2D eigenvalue weighted by Crippen LogP contribution is -2.35. The molecule has 1 aliphatic heterocycles. The third kappa shape index (κ3) is 1.64. The zero-order valence-electron chi connectivity index (χ0n) is 5.45. The summed E-state index contributed by atoms with van der Waals surface area (Å²) in [6, 6.07) is 0. The summed E-state index contributed by atoms with van der Waals surface area (Å²) in [5, 5.41) is 17.5. The Hall–Kier alpha value is -0.120. The zero-order chi connectivity index (χ0) is 6.69. The number of aliphatic hydroxyl groups is 2. The molecule has 0 radical (unpaired) electrons. The zero-order valence-corrected chi connectivity index (χ0v) is 5.45. The predicted octanol–water partition coefficient (Wildman–Crippen LogP) is -0.607. The van der Waals surface area contributed by atoms with Gasteiger partial charge < -0.3 is 10.2 Å². The molecule has 1 rings (SSSR count). The molecule has 1 fully saturated rings. The van der Waals surface area contributed by atoms with Crippen molar-refractivity contribution in [2.75, 3.05) is 19.7 Å². The van der Waals surface area contributed by atoms with E-state index in [0.29, 0.717) is 0 Å². The van der Waals surface area contributed by atoms with Gasteiger partial charge in [0.1, 0.15) is 6.23 Å². The summed E-state index contributed by atoms with van der Waals surface area (Å²) in [4.78, 5) is 1.89. The van der Waals surface area contributed by atoms with E-state index < -0.39 is 6.23 Å². The molecule has 1 saturated heterocycles. The van der Waals surface area contributed by atoms with Crippen LogP contribution in [0.25, 0.3) is 0 Å². The molecule has 0 aromatic rings. The van der Waals surface area contributed by atoms with Gasteiger partial charge in [-0.1, -0.05) is 0 Å². The largest absolute Gasteiger partial charge is 0.392 e. The predicted molar refractivity (Wildman–Crippen MR) is 33.9 cm³/mol. The maximum atomic E-state index is 9.03. The van der Waals surface area contributed by atoms with Gasteiger partial charge in [0.2, 0.25) is 0 Å². The highest BCUT2D eigenvalue weighted by atomic mass is 16.3. The van der Waals surface area contributed by atoms with Crippen molar-refractivity contribution >= 4 is 0 Å². The molecule has 0 amide bonds. The van der Waals surface area contributed by atoms with Gasteiger partial charge in [-0.25, -0.2) is 0 Å². The van der Waals surface area contributed by atoms with E-state index in [2.05, 4.69) is 0 Å². The van der Waals surface area contributed by atoms with E-state index in [1.807, 2.05) is 4.90 Å². The van der Waals surface area contributed by atoms with Crippen LogP contribution in [0.5, 0.6) is 0 Å². The van der Waals surface area contributed by atoms with Crippen LogP contribution in [0.3, 0.4) is 0 Å². The topological polar surface area (TPSA) is 43.7 Å². The van der Waals surface area contributed by atoms with Gasteiger partial charge >= 0.3 is 0 Å². The number of likely N-dealkylation sites (tertiary alicyclic amines) is 1. The lowest BCUT2D eigenvalue weighted by Gasteiger charge is -2.19. The molecule has 0 spiro atoms. The van der Waals surface area contributed by atoms with Gasteiger partial charge in [-0.3, -0.25) is 4.90 Å². The normalized spacial score (nSPS) is 24.7. The van der Waals surface area contributed by atoms with E-state index in [-0.39, 0.29) is 6.61 Å². The highest BCUT2D eigenvalue weighted by molar-refractivity contribution is 4.67. The standard InChI is InChI=1S/C6H13NO2/c8-5-6(9)7-3-1-2-4-7/h6,8-9H,1-5H2/t6-/m1/s1. The molecule has 3 nitrogen and oxygen atoms in total. The first-order chi connectivity index (χ1) is 4.34. The Morgan fingerprint density at radius 3 is 2.33 bits per heavy atom. The van der Waals surface area contributed by atoms with Crippen molar-refractivity contribution in [3.63, 3.8) is 0 Å². The minimum absolute atomic E-state index is 0.139. The van der Waals surface area contributed by atoms with Crippen molar-refractivity contribution < 1.29 is 10.2 Å². The van der Waals surface area contributed by atoms with Crippen molar-refractivity contribution in [2.45, 2.75) is 19.1 Å². The molecule has 9 heavy (non-hydrogen) atoms. The third-order valence-corrected chi connectivity index (χ3v) is 1.73. The fourth-order valence-electron chi connectivity index (χ4n) is 1.16. The summed E-state index contributed by atoms with van der Waals surface area (Å²) in [5.74, 6) is 0. The van der Waals surface area contributed by atoms with Crippen LogP contribution in [0.1, 0.15) is 12.8 Å². The smallest absolute Gasteiger partial charge is 0.130 e. The number of nitrogens with zero attached hydrogens (tertiary/aromatic N) is 1. The molecule has 1 aliphatic rings. The van der Waals surface area contributed by atoms with Gasteiger partial charge in [-0.05, 0) is 12.8 Å². The van der Waals surface area contributed by atoms with Crippen LogP contribution < -0.4 is 0 Å². The van der Waals surface area contributed by atoms with Gasteiger partial charge in [-0.15, -0.1) is 0 Å². The van der Waals surface area contributed by atoms with Crippen molar-refractivity contribution in [2.24, 2.45) is 0 Å². The van der Waals surface area contributed by atoms with Crippen molar-refractivity contribution in [3.05, 3.63) is 0 Å². The molecule has 0 aliphatic carbocycles. The Morgan fingerprint density at radius 2 is 1.89 bits per heavy atom. The lowest BCUT2D eigenvalue weighted by molar-refractivity contribution is -0.0217. The van der Waals surface area contributed by atoms with E-state index in [0.717, 1.165) is 25.9 Å². The van der Waals surface area contributed by atoms with Gasteiger partial charge in [0.15, 0.2) is 0 Å². The summed E-state index contributed by atoms with van der Waals surface area (Å²) in [6.07, 6.45) is 1.68. The van der Waals surface area contributed by atoms with Gasteiger partial charge in [-0.2, -0.15) is 0 Å². The van der Waals surface area contributed by atoms with Crippen LogP contribution in [0.15, 0.2) is 0 Å². The molecule has 0 bridgehead atoms. The van der Waals surface area contributed by atoms with E-state index in [4.69, 9.17) is 10.2 Å². The molecule has 2 N–H and O–H groups in total. The summed E-state index contributed by atoms with van der Waals surface area (Å²) in [7, 11) is 0. The minimum atomic E-state index is -0.618. The Balaban J connectivity index is 2.24. The van der Waals surface area contributed by atoms with Gasteiger partial charge in [0.05, 0.1) is 6.61 Å². The average molecular weight is 131 g/mol. The maximum absolute atomic E-state index is 9.03. The Bertz CT molecular complexity index is 81.1. The second-order valence-electron chi connectivity index (χ2n) is 2.41. The van der Waals surface area contributed by atoms with Crippen LogP contribution >= 0.6 is 0 Å². The van der Waals surface area contributed by atoms with E-state index in [1.54, 1.807) is 0 Å². The van der Waals surface area contributed by atoms with Crippen molar-refractivity contribution in [3.8, 4) is 0 Å². The Morgan fingerprint density at radius 1 is 1.33 bits per heavy atom. The first kappa shape index (κ1) is 6.99. The average Bonchev–Trinajstić information content (AvgIpc) is 2.37. The molecule has 0 aromatic heterocycles. The minimum Gasteiger partial charge on any atom is -0.392 e. The van der Waals surface area contributed by atoms with Crippen molar-refractivity contribution in [1.82, 2.24) is 4.90 Å². The molecular weight excluding hydrogens is 118 g/mol. The first-order valence-electron chi connectivity index (χ1n) is 3.37. The monoisotopic (exact) mass is 131 g/mol. The SMILES string of the molecule is OC[C@@H](O)N1CCCC1. The second kappa shape index (κ2) is 3.15. The fraction of sp³-hybridized carbons (Fsp3) is 1.00. The number of rotatable bonds is 2. The van der Waals surface area contributed by atoms with E-state index in [1.165, 1.54) is 0 Å². The summed E-state index contributed by atoms with van der Waals surface area (Å²) < 4.78 is 0. The molecule has 1 atom stereocenters. The van der Waals surface area contributed by atoms with Crippen LogP contribution in [-0.2, 0) is 0 Å². The van der Waals surface area contributed by atoms with Crippen molar-refractivity contribution in [1.29, 1.82) is 0 Å². The van der Waals surface area contributed by atoms with Crippen LogP contribution in [-0.4, -0.2) is 41.0 Å². The third-order valence-electron chi connectivity index (χ3n) is 1.73. The molecule has 54 valence electrons. The quantitative estimate of drug-likeness (QED) is 0.525. The Kier molecular flexibility index (Phi) is 2.45. The molecule has 3 heteroatoms. The molecule has 0 saturated carbocycles. The molecule has 0 unspecified atom stereocenters. The number of hydrogen-bond donors (Lipinski definition) is 2. The summed E-state index contributed by atoms with van der Waals surface area (Å²) >= 11 is 0. The Labute approximate surface area is 54.9 Å². The highest BCUT2D eigenvalue weighted by Crippen LogP contribution is 2.08. The number of hydrogen-bond acceptors (Lipinski definition) is 3. The fourth-order valence-corrected chi connectivity index (χ4v) is 1.16. The van der Waals surface area contributed by atoms with Crippen LogP contribution in [0, 0.1) is 0 Å². The van der Waals surface area contributed by atoms with Gasteiger partial charge in [0.25, 0.3) is 0 Å². The summed E-state index contributed by atoms with van der Waals surface area (Å²) in [6.45, 7) is 1.73. The first-order valence-corrected chi connectivity index (χ1v) is 3.37. The van der Waals surface area contributed by atoms with Crippen LogP contribution in [0.2, 0.25) is 0 Å².